The average molecular weight is 286 g/mol. The van der Waals surface area contributed by atoms with Gasteiger partial charge in [0, 0.05) is 19.8 Å². The van der Waals surface area contributed by atoms with Gasteiger partial charge in [0.2, 0.25) is 10.0 Å². The summed E-state index contributed by atoms with van der Waals surface area (Å²) in [6.45, 7) is 1.41. The molecule has 19 heavy (non-hydrogen) atoms. The van der Waals surface area contributed by atoms with Crippen LogP contribution in [0.3, 0.4) is 0 Å². The molecule has 1 heterocycles. The molecule has 0 saturated carbocycles. The van der Waals surface area contributed by atoms with Gasteiger partial charge in [0.1, 0.15) is 10.7 Å². The Morgan fingerprint density at radius 3 is 2.53 bits per heavy atom. The molecule has 6 nitrogen and oxygen atoms in total. The van der Waals surface area contributed by atoms with Crippen LogP contribution in [0.2, 0.25) is 0 Å². The molecule has 1 aromatic rings. The Hall–Kier alpha value is -1.18. The molecule has 0 saturated heterocycles. The van der Waals surface area contributed by atoms with Crippen LogP contribution in [-0.4, -0.2) is 52.5 Å². The number of pyridine rings is 1. The fourth-order valence-electron chi connectivity index (χ4n) is 1.53. The van der Waals surface area contributed by atoms with Crippen molar-refractivity contribution < 1.29 is 8.42 Å². The lowest BCUT2D eigenvalue weighted by molar-refractivity contribution is 0.394. The van der Waals surface area contributed by atoms with E-state index in [2.05, 4.69) is 19.9 Å². The summed E-state index contributed by atoms with van der Waals surface area (Å²) in [6.07, 6.45) is 3.14. The average Bonchev–Trinajstić information content (AvgIpc) is 2.38. The largest absolute Gasteiger partial charge is 0.373 e. The van der Waals surface area contributed by atoms with E-state index in [1.165, 1.54) is 6.20 Å². The van der Waals surface area contributed by atoms with Gasteiger partial charge >= 0.3 is 0 Å². The van der Waals surface area contributed by atoms with Gasteiger partial charge in [-0.1, -0.05) is 0 Å². The molecular formula is C12H22N4O2S. The molecule has 7 heteroatoms. The van der Waals surface area contributed by atoms with Crippen LogP contribution in [0.5, 0.6) is 0 Å². The molecule has 108 valence electrons. The minimum absolute atomic E-state index is 0.194. The number of anilines is 1. The summed E-state index contributed by atoms with van der Waals surface area (Å²) in [7, 11) is 2.29. The molecule has 0 aliphatic heterocycles. The van der Waals surface area contributed by atoms with Gasteiger partial charge in [0.05, 0.1) is 0 Å². The van der Waals surface area contributed by atoms with E-state index in [0.29, 0.717) is 12.4 Å². The summed E-state index contributed by atoms with van der Waals surface area (Å²) in [5.74, 6) is 0.643. The van der Waals surface area contributed by atoms with E-state index in [9.17, 15) is 8.42 Å². The molecule has 0 radical (unpaired) electrons. The maximum Gasteiger partial charge on any atom is 0.242 e. The van der Waals surface area contributed by atoms with Gasteiger partial charge in [0.15, 0.2) is 0 Å². The van der Waals surface area contributed by atoms with Crippen LogP contribution < -0.4 is 10.0 Å². The second-order valence-corrected chi connectivity index (χ2v) is 6.30. The van der Waals surface area contributed by atoms with Crippen molar-refractivity contribution in [1.29, 1.82) is 0 Å². The summed E-state index contributed by atoms with van der Waals surface area (Å²) in [5, 5.41) is 2.85. The van der Waals surface area contributed by atoms with E-state index in [-0.39, 0.29) is 4.90 Å². The quantitative estimate of drug-likeness (QED) is 0.690. The minimum Gasteiger partial charge on any atom is -0.373 e. The lowest BCUT2D eigenvalue weighted by Crippen LogP contribution is -2.25. The van der Waals surface area contributed by atoms with Crippen molar-refractivity contribution in [3.8, 4) is 0 Å². The summed E-state index contributed by atoms with van der Waals surface area (Å²) in [4.78, 5) is 6.27. The highest BCUT2D eigenvalue weighted by molar-refractivity contribution is 7.89. The normalized spacial score (nSPS) is 11.8. The maximum absolute atomic E-state index is 11.9. The topological polar surface area (TPSA) is 74.3 Å². The van der Waals surface area contributed by atoms with Crippen LogP contribution >= 0.6 is 0 Å². The van der Waals surface area contributed by atoms with Crippen LogP contribution in [0.4, 0.5) is 5.82 Å². The van der Waals surface area contributed by atoms with E-state index in [1.54, 1.807) is 19.2 Å². The Bertz CT molecular complexity index is 471. The predicted octanol–water partition coefficient (Wildman–Crippen LogP) is 0.743. The van der Waals surface area contributed by atoms with Crippen LogP contribution in [0.15, 0.2) is 23.2 Å². The monoisotopic (exact) mass is 286 g/mol. The summed E-state index contributed by atoms with van der Waals surface area (Å²) in [5.41, 5.74) is 0. The van der Waals surface area contributed by atoms with Gasteiger partial charge in [-0.3, -0.25) is 0 Å². The number of nitrogens with zero attached hydrogens (tertiary/aromatic N) is 2. The third kappa shape index (κ3) is 5.54. The standard InChI is InChI=1S/C12H22N4O2S/c1-13-12-7-6-11(10-14-12)19(17,18)15-8-4-5-9-16(2)3/h6-7,10,15H,4-5,8-9H2,1-3H3,(H,13,14). The van der Waals surface area contributed by atoms with Crippen LogP contribution in [-0.2, 0) is 10.0 Å². The van der Waals surface area contributed by atoms with Crippen molar-refractivity contribution in [3.05, 3.63) is 18.3 Å². The second-order valence-electron chi connectivity index (χ2n) is 4.54. The number of unbranched alkanes of at least 4 members (excludes halogenated alkanes) is 1. The fourth-order valence-corrected chi connectivity index (χ4v) is 2.55. The smallest absolute Gasteiger partial charge is 0.242 e. The lowest BCUT2D eigenvalue weighted by Gasteiger charge is -2.10. The van der Waals surface area contributed by atoms with Gasteiger partial charge in [-0.05, 0) is 45.6 Å². The molecule has 1 rings (SSSR count). The van der Waals surface area contributed by atoms with Gasteiger partial charge in [-0.15, -0.1) is 0 Å². The van der Waals surface area contributed by atoms with Gasteiger partial charge < -0.3 is 10.2 Å². The summed E-state index contributed by atoms with van der Waals surface area (Å²) < 4.78 is 26.5. The zero-order valence-electron chi connectivity index (χ0n) is 11.7. The van der Waals surface area contributed by atoms with Crippen molar-refractivity contribution in [2.75, 3.05) is 39.5 Å². The molecular weight excluding hydrogens is 264 g/mol. The Balaban J connectivity index is 2.46. The number of rotatable bonds is 8. The summed E-state index contributed by atoms with van der Waals surface area (Å²) in [6, 6.07) is 3.18. The molecule has 0 unspecified atom stereocenters. The van der Waals surface area contributed by atoms with Crippen molar-refractivity contribution in [3.63, 3.8) is 0 Å². The first-order valence-electron chi connectivity index (χ1n) is 6.24. The molecule has 0 fully saturated rings. The van der Waals surface area contributed by atoms with E-state index in [0.717, 1.165) is 19.4 Å². The zero-order valence-corrected chi connectivity index (χ0v) is 12.5. The first-order chi connectivity index (χ1) is 8.95. The van der Waals surface area contributed by atoms with Gasteiger partial charge in [0.25, 0.3) is 0 Å². The van der Waals surface area contributed by atoms with Crippen molar-refractivity contribution in [2.24, 2.45) is 0 Å². The fraction of sp³-hybridized carbons (Fsp3) is 0.583. The molecule has 0 aromatic carbocycles. The second kappa shape index (κ2) is 7.42. The highest BCUT2D eigenvalue weighted by atomic mass is 32.2. The van der Waals surface area contributed by atoms with Crippen LogP contribution in [0.25, 0.3) is 0 Å². The zero-order chi connectivity index (χ0) is 14.3. The first kappa shape index (κ1) is 15.9. The summed E-state index contributed by atoms with van der Waals surface area (Å²) >= 11 is 0. The van der Waals surface area contributed by atoms with Crippen molar-refractivity contribution in [1.82, 2.24) is 14.6 Å². The van der Waals surface area contributed by atoms with E-state index < -0.39 is 10.0 Å². The van der Waals surface area contributed by atoms with Crippen LogP contribution in [0.1, 0.15) is 12.8 Å². The highest BCUT2D eigenvalue weighted by Crippen LogP contribution is 2.09. The maximum atomic E-state index is 11.9. The Morgan fingerprint density at radius 1 is 1.26 bits per heavy atom. The third-order valence-electron chi connectivity index (χ3n) is 2.63. The van der Waals surface area contributed by atoms with Crippen molar-refractivity contribution in [2.45, 2.75) is 17.7 Å². The van der Waals surface area contributed by atoms with E-state index in [4.69, 9.17) is 0 Å². The molecule has 0 amide bonds. The highest BCUT2D eigenvalue weighted by Gasteiger charge is 2.13. The molecule has 0 bridgehead atoms. The third-order valence-corrected chi connectivity index (χ3v) is 4.07. The minimum atomic E-state index is -3.44. The van der Waals surface area contributed by atoms with E-state index >= 15 is 0 Å². The molecule has 0 aliphatic carbocycles. The Kier molecular flexibility index (Phi) is 6.20. The predicted molar refractivity (Wildman–Crippen MR) is 76.8 cm³/mol. The molecule has 0 spiro atoms. The molecule has 0 aliphatic rings. The molecule has 0 atom stereocenters. The number of aromatic nitrogens is 1. The van der Waals surface area contributed by atoms with Crippen molar-refractivity contribution >= 4 is 15.8 Å². The number of hydrogen-bond donors (Lipinski definition) is 2. The molecule has 1 aromatic heterocycles. The van der Waals surface area contributed by atoms with E-state index in [1.807, 2.05) is 14.1 Å². The van der Waals surface area contributed by atoms with Gasteiger partial charge in [-0.2, -0.15) is 0 Å². The number of nitrogens with one attached hydrogen (secondary N) is 2. The molecule has 2 N–H and O–H groups in total. The lowest BCUT2D eigenvalue weighted by atomic mass is 10.3. The van der Waals surface area contributed by atoms with Crippen LogP contribution in [0, 0.1) is 0 Å². The Labute approximate surface area is 115 Å². The first-order valence-corrected chi connectivity index (χ1v) is 7.72. The van der Waals surface area contributed by atoms with Gasteiger partial charge in [-0.25, -0.2) is 18.1 Å². The number of hydrogen-bond acceptors (Lipinski definition) is 5. The number of sulfonamides is 1. The SMILES string of the molecule is CNc1ccc(S(=O)(=O)NCCCCN(C)C)cn1. The Morgan fingerprint density at radius 2 is 2.00 bits per heavy atom.